The van der Waals surface area contributed by atoms with Crippen molar-refractivity contribution in [3.8, 4) is 0 Å². The number of anilines is 1. The predicted octanol–water partition coefficient (Wildman–Crippen LogP) is 3.01. The first kappa shape index (κ1) is 11.5. The molecule has 0 aliphatic heterocycles. The van der Waals surface area contributed by atoms with Crippen LogP contribution in [0.15, 0.2) is 42.6 Å². The molecule has 88 valence electrons. The molecule has 1 aromatic carbocycles. The summed E-state index contributed by atoms with van der Waals surface area (Å²) >= 11 is 0. The van der Waals surface area contributed by atoms with Crippen LogP contribution in [0.3, 0.4) is 0 Å². The molecule has 2 aromatic rings. The molecule has 0 atom stereocenters. The van der Waals surface area contributed by atoms with E-state index in [-0.39, 0.29) is 5.82 Å². The largest absolute Gasteiger partial charge is 0.385 e. The maximum atomic E-state index is 12.8. The monoisotopic (exact) mass is 234 g/mol. The maximum absolute atomic E-state index is 12.8. The second kappa shape index (κ2) is 5.39. The summed E-state index contributed by atoms with van der Waals surface area (Å²) in [5, 5.41) is 3.07. The van der Waals surface area contributed by atoms with Crippen molar-refractivity contribution in [2.24, 2.45) is 0 Å². The summed E-state index contributed by atoms with van der Waals surface area (Å²) in [5.41, 5.74) is 1.73. The molecular weight excluding hydrogens is 222 g/mol. The van der Waals surface area contributed by atoms with E-state index in [0.29, 0.717) is 12.2 Å². The van der Waals surface area contributed by atoms with E-state index < -0.39 is 5.95 Å². The summed E-state index contributed by atoms with van der Waals surface area (Å²) < 4.78 is 25.4. The molecule has 1 aromatic heterocycles. The molecule has 1 heterocycles. The first-order valence-electron chi connectivity index (χ1n) is 5.34. The van der Waals surface area contributed by atoms with Gasteiger partial charge in [-0.1, -0.05) is 12.1 Å². The van der Waals surface area contributed by atoms with E-state index in [1.165, 1.54) is 24.4 Å². The highest BCUT2D eigenvalue weighted by atomic mass is 19.1. The third kappa shape index (κ3) is 3.52. The lowest BCUT2D eigenvalue weighted by molar-refractivity contribution is 0.584. The summed E-state index contributed by atoms with van der Waals surface area (Å²) in [7, 11) is 0. The van der Waals surface area contributed by atoms with Gasteiger partial charge in [-0.3, -0.25) is 0 Å². The van der Waals surface area contributed by atoms with Crippen molar-refractivity contribution in [2.45, 2.75) is 6.42 Å². The van der Waals surface area contributed by atoms with Gasteiger partial charge in [0, 0.05) is 24.5 Å². The molecule has 0 aliphatic carbocycles. The van der Waals surface area contributed by atoms with Crippen molar-refractivity contribution in [3.63, 3.8) is 0 Å². The van der Waals surface area contributed by atoms with E-state index in [0.717, 1.165) is 12.0 Å². The van der Waals surface area contributed by atoms with Gasteiger partial charge in [0.05, 0.1) is 0 Å². The summed E-state index contributed by atoms with van der Waals surface area (Å²) in [4.78, 5) is 3.47. The smallest absolute Gasteiger partial charge is 0.214 e. The molecule has 0 radical (unpaired) electrons. The van der Waals surface area contributed by atoms with E-state index in [2.05, 4.69) is 10.3 Å². The molecule has 0 amide bonds. The van der Waals surface area contributed by atoms with Gasteiger partial charge in [-0.05, 0) is 30.2 Å². The number of nitrogens with one attached hydrogen (secondary N) is 1. The van der Waals surface area contributed by atoms with E-state index in [9.17, 15) is 8.78 Å². The molecule has 0 bridgehead atoms. The fourth-order valence-corrected chi connectivity index (χ4v) is 1.51. The first-order valence-corrected chi connectivity index (χ1v) is 5.34. The van der Waals surface area contributed by atoms with Crippen LogP contribution < -0.4 is 5.32 Å². The zero-order valence-corrected chi connectivity index (χ0v) is 9.16. The Morgan fingerprint density at radius 2 is 1.82 bits per heavy atom. The van der Waals surface area contributed by atoms with Gasteiger partial charge >= 0.3 is 0 Å². The zero-order valence-electron chi connectivity index (χ0n) is 9.16. The van der Waals surface area contributed by atoms with Crippen LogP contribution in [0.1, 0.15) is 5.56 Å². The lowest BCUT2D eigenvalue weighted by Crippen LogP contribution is -2.05. The van der Waals surface area contributed by atoms with Crippen LogP contribution in [0.5, 0.6) is 0 Å². The minimum absolute atomic E-state index is 0.238. The number of aromatic nitrogens is 1. The Morgan fingerprint density at radius 1 is 1.06 bits per heavy atom. The van der Waals surface area contributed by atoms with Crippen LogP contribution in [-0.4, -0.2) is 11.5 Å². The van der Waals surface area contributed by atoms with Crippen LogP contribution >= 0.6 is 0 Å². The molecule has 0 unspecified atom stereocenters. The van der Waals surface area contributed by atoms with E-state index >= 15 is 0 Å². The van der Waals surface area contributed by atoms with E-state index in [1.54, 1.807) is 18.2 Å². The number of nitrogens with zero attached hydrogens (tertiary/aromatic N) is 1. The van der Waals surface area contributed by atoms with Crippen molar-refractivity contribution < 1.29 is 8.78 Å². The highest BCUT2D eigenvalue weighted by Gasteiger charge is 1.97. The number of hydrogen-bond acceptors (Lipinski definition) is 2. The number of hydrogen-bond donors (Lipinski definition) is 1. The Labute approximate surface area is 98.3 Å². The highest BCUT2D eigenvalue weighted by Crippen LogP contribution is 2.08. The lowest BCUT2D eigenvalue weighted by Gasteiger charge is -2.06. The predicted molar refractivity (Wildman–Crippen MR) is 62.8 cm³/mol. The standard InChI is InChI=1S/C13H12F2N2/c14-11-3-1-10(2-4-11)5-7-16-12-6-8-17-13(15)9-12/h1-4,6,8-9H,5,7H2,(H,16,17). The fraction of sp³-hybridized carbons (Fsp3) is 0.154. The Balaban J connectivity index is 1.85. The highest BCUT2D eigenvalue weighted by molar-refractivity contribution is 5.41. The van der Waals surface area contributed by atoms with Crippen LogP contribution in [-0.2, 0) is 6.42 Å². The molecule has 0 saturated heterocycles. The minimum atomic E-state index is -0.503. The summed E-state index contributed by atoms with van der Waals surface area (Å²) in [6.07, 6.45) is 2.17. The number of rotatable bonds is 4. The number of halogens is 2. The molecule has 0 saturated carbocycles. The lowest BCUT2D eigenvalue weighted by atomic mass is 10.1. The molecule has 0 spiro atoms. The van der Waals surface area contributed by atoms with Crippen molar-refractivity contribution in [1.82, 2.24) is 4.98 Å². The van der Waals surface area contributed by atoms with Crippen LogP contribution in [0.2, 0.25) is 0 Å². The Bertz CT molecular complexity index is 483. The molecular formula is C13H12F2N2. The normalized spacial score (nSPS) is 10.2. The average Bonchev–Trinajstić information content (AvgIpc) is 2.32. The van der Waals surface area contributed by atoms with Gasteiger partial charge in [0.2, 0.25) is 5.95 Å². The van der Waals surface area contributed by atoms with Gasteiger partial charge < -0.3 is 5.32 Å². The molecule has 1 N–H and O–H groups in total. The second-order valence-electron chi connectivity index (χ2n) is 3.67. The molecule has 0 aliphatic rings. The van der Waals surface area contributed by atoms with Crippen LogP contribution in [0.25, 0.3) is 0 Å². The van der Waals surface area contributed by atoms with Crippen molar-refractivity contribution in [3.05, 3.63) is 59.9 Å². The molecule has 0 fully saturated rings. The number of benzene rings is 1. The summed E-state index contributed by atoms with van der Waals surface area (Å²) in [5.74, 6) is -0.741. The molecule has 2 nitrogen and oxygen atoms in total. The van der Waals surface area contributed by atoms with Gasteiger partial charge in [0.1, 0.15) is 5.82 Å². The van der Waals surface area contributed by atoms with Crippen molar-refractivity contribution in [2.75, 3.05) is 11.9 Å². The average molecular weight is 234 g/mol. The topological polar surface area (TPSA) is 24.9 Å². The van der Waals surface area contributed by atoms with Gasteiger partial charge in [-0.2, -0.15) is 4.39 Å². The fourth-order valence-electron chi connectivity index (χ4n) is 1.51. The van der Waals surface area contributed by atoms with Gasteiger partial charge in [0.25, 0.3) is 0 Å². The van der Waals surface area contributed by atoms with Gasteiger partial charge in [0.15, 0.2) is 0 Å². The minimum Gasteiger partial charge on any atom is -0.385 e. The SMILES string of the molecule is Fc1ccc(CCNc2ccnc(F)c2)cc1. The molecule has 17 heavy (non-hydrogen) atoms. The van der Waals surface area contributed by atoms with Gasteiger partial charge in [-0.25, -0.2) is 9.37 Å². The van der Waals surface area contributed by atoms with E-state index in [4.69, 9.17) is 0 Å². The van der Waals surface area contributed by atoms with Gasteiger partial charge in [-0.15, -0.1) is 0 Å². The summed E-state index contributed by atoms with van der Waals surface area (Å²) in [6, 6.07) is 9.38. The Kier molecular flexibility index (Phi) is 3.65. The Hall–Kier alpha value is -1.97. The first-order chi connectivity index (χ1) is 8.24. The third-order valence-electron chi connectivity index (χ3n) is 2.38. The van der Waals surface area contributed by atoms with E-state index in [1.807, 2.05) is 0 Å². The maximum Gasteiger partial charge on any atom is 0.214 e. The third-order valence-corrected chi connectivity index (χ3v) is 2.38. The quantitative estimate of drug-likeness (QED) is 0.822. The van der Waals surface area contributed by atoms with Crippen molar-refractivity contribution >= 4 is 5.69 Å². The Morgan fingerprint density at radius 3 is 2.53 bits per heavy atom. The molecule has 2 rings (SSSR count). The van der Waals surface area contributed by atoms with Crippen molar-refractivity contribution in [1.29, 1.82) is 0 Å². The van der Waals surface area contributed by atoms with Crippen LogP contribution in [0.4, 0.5) is 14.5 Å². The van der Waals surface area contributed by atoms with Crippen LogP contribution in [0, 0.1) is 11.8 Å². The molecule has 4 heteroatoms. The zero-order chi connectivity index (χ0) is 12.1. The summed E-state index contributed by atoms with van der Waals surface area (Å²) in [6.45, 7) is 0.662. The number of pyridine rings is 1. The second-order valence-corrected chi connectivity index (χ2v) is 3.67.